The minimum absolute atomic E-state index is 0.127. The standard InChI is InChI=1S/C18H13Cl2N3O3/c19-12-7-14(20)17(22-8-12)23-16(24)9-26-18(25)13-5-10-3-1-2-4-11(10)6-15(13)21/h1-8H,9,21H2,(H,22,23,24). The van der Waals surface area contributed by atoms with Gasteiger partial charge in [0, 0.05) is 11.9 Å². The molecule has 1 heterocycles. The van der Waals surface area contributed by atoms with Gasteiger partial charge in [0.25, 0.3) is 5.91 Å². The van der Waals surface area contributed by atoms with Crippen LogP contribution < -0.4 is 11.1 Å². The number of pyridine rings is 1. The van der Waals surface area contributed by atoms with E-state index in [9.17, 15) is 9.59 Å². The number of aromatic nitrogens is 1. The Morgan fingerprint density at radius 1 is 1.12 bits per heavy atom. The van der Waals surface area contributed by atoms with Crippen LogP contribution in [0.15, 0.2) is 48.7 Å². The number of carbonyl (C=O) groups excluding carboxylic acids is 2. The molecule has 1 amide bonds. The van der Waals surface area contributed by atoms with Crippen LogP contribution in [0.2, 0.25) is 10.0 Å². The SMILES string of the molecule is Nc1cc2ccccc2cc1C(=O)OCC(=O)Nc1ncc(Cl)cc1Cl. The molecule has 0 saturated carbocycles. The molecule has 0 bridgehead atoms. The maximum atomic E-state index is 12.2. The number of nitrogens with one attached hydrogen (secondary N) is 1. The van der Waals surface area contributed by atoms with Gasteiger partial charge in [-0.1, -0.05) is 47.5 Å². The van der Waals surface area contributed by atoms with Gasteiger partial charge in [0.05, 0.1) is 15.6 Å². The number of anilines is 2. The number of rotatable bonds is 4. The van der Waals surface area contributed by atoms with Gasteiger partial charge in [0.1, 0.15) is 0 Å². The lowest BCUT2D eigenvalue weighted by atomic mass is 10.1. The van der Waals surface area contributed by atoms with Crippen LogP contribution in [0.25, 0.3) is 10.8 Å². The Labute approximate surface area is 158 Å². The van der Waals surface area contributed by atoms with Crippen molar-refractivity contribution < 1.29 is 14.3 Å². The van der Waals surface area contributed by atoms with E-state index in [4.69, 9.17) is 33.7 Å². The number of benzene rings is 2. The Bertz CT molecular complexity index is 1010. The van der Waals surface area contributed by atoms with E-state index < -0.39 is 18.5 Å². The van der Waals surface area contributed by atoms with Crippen molar-refractivity contribution in [3.8, 4) is 0 Å². The van der Waals surface area contributed by atoms with Crippen molar-refractivity contribution in [1.82, 2.24) is 4.98 Å². The third-order valence-electron chi connectivity index (χ3n) is 3.54. The third kappa shape index (κ3) is 4.04. The highest BCUT2D eigenvalue weighted by molar-refractivity contribution is 6.36. The summed E-state index contributed by atoms with van der Waals surface area (Å²) in [6.07, 6.45) is 1.34. The molecule has 6 nitrogen and oxygen atoms in total. The van der Waals surface area contributed by atoms with Crippen LogP contribution in [-0.2, 0) is 9.53 Å². The highest BCUT2D eigenvalue weighted by Crippen LogP contribution is 2.23. The van der Waals surface area contributed by atoms with Crippen LogP contribution in [0.3, 0.4) is 0 Å². The molecule has 0 radical (unpaired) electrons. The van der Waals surface area contributed by atoms with E-state index in [1.807, 2.05) is 24.3 Å². The fraction of sp³-hybridized carbons (Fsp3) is 0.0556. The molecule has 8 heteroatoms. The average molecular weight is 390 g/mol. The van der Waals surface area contributed by atoms with Gasteiger partial charge in [-0.25, -0.2) is 9.78 Å². The Morgan fingerprint density at radius 2 is 1.81 bits per heavy atom. The van der Waals surface area contributed by atoms with Crippen molar-refractivity contribution >= 4 is 57.4 Å². The summed E-state index contributed by atoms with van der Waals surface area (Å²) in [5.74, 6) is -1.16. The summed E-state index contributed by atoms with van der Waals surface area (Å²) in [6.45, 7) is -0.508. The predicted molar refractivity (Wildman–Crippen MR) is 102 cm³/mol. The summed E-state index contributed by atoms with van der Waals surface area (Å²) in [7, 11) is 0. The first-order valence-corrected chi connectivity index (χ1v) is 8.26. The molecule has 26 heavy (non-hydrogen) atoms. The van der Waals surface area contributed by atoms with E-state index >= 15 is 0 Å². The lowest BCUT2D eigenvalue weighted by molar-refractivity contribution is -0.119. The number of esters is 1. The van der Waals surface area contributed by atoms with Crippen LogP contribution in [0.4, 0.5) is 11.5 Å². The quantitative estimate of drug-likeness (QED) is 0.520. The second kappa shape index (κ2) is 7.59. The van der Waals surface area contributed by atoms with Crippen molar-refractivity contribution in [2.45, 2.75) is 0 Å². The van der Waals surface area contributed by atoms with Gasteiger partial charge in [-0.15, -0.1) is 0 Å². The molecule has 0 unspecified atom stereocenters. The molecule has 1 aromatic heterocycles. The molecule has 3 rings (SSSR count). The molecular formula is C18H13Cl2N3O3. The van der Waals surface area contributed by atoms with Gasteiger partial charge in [0.15, 0.2) is 12.4 Å². The van der Waals surface area contributed by atoms with E-state index in [1.165, 1.54) is 12.3 Å². The van der Waals surface area contributed by atoms with E-state index in [0.29, 0.717) is 5.02 Å². The van der Waals surface area contributed by atoms with Crippen LogP contribution >= 0.6 is 23.2 Å². The fourth-order valence-corrected chi connectivity index (χ4v) is 2.75. The lowest BCUT2D eigenvalue weighted by Crippen LogP contribution is -2.22. The zero-order valence-electron chi connectivity index (χ0n) is 13.3. The number of carbonyl (C=O) groups is 2. The zero-order chi connectivity index (χ0) is 18.7. The Morgan fingerprint density at radius 3 is 2.50 bits per heavy atom. The van der Waals surface area contributed by atoms with Crippen molar-refractivity contribution in [2.75, 3.05) is 17.7 Å². The van der Waals surface area contributed by atoms with Gasteiger partial charge in [0.2, 0.25) is 0 Å². The molecule has 0 saturated heterocycles. The summed E-state index contributed by atoms with van der Waals surface area (Å²) in [5.41, 5.74) is 6.38. The van der Waals surface area contributed by atoms with E-state index in [1.54, 1.807) is 12.1 Å². The number of nitrogens with two attached hydrogens (primary N) is 1. The molecule has 0 spiro atoms. The number of fused-ring (bicyclic) bond motifs is 1. The first-order chi connectivity index (χ1) is 12.4. The fourth-order valence-electron chi connectivity index (χ4n) is 2.32. The second-order valence-corrected chi connectivity index (χ2v) is 6.24. The van der Waals surface area contributed by atoms with Gasteiger partial charge in [-0.05, 0) is 29.0 Å². The minimum Gasteiger partial charge on any atom is -0.452 e. The highest BCUT2D eigenvalue weighted by atomic mass is 35.5. The van der Waals surface area contributed by atoms with Crippen molar-refractivity contribution in [3.63, 3.8) is 0 Å². The predicted octanol–water partition coefficient (Wildman–Crippen LogP) is 3.92. The number of hydrogen-bond acceptors (Lipinski definition) is 5. The first kappa shape index (κ1) is 18.0. The molecule has 3 aromatic rings. The van der Waals surface area contributed by atoms with Crippen LogP contribution in [0.1, 0.15) is 10.4 Å². The van der Waals surface area contributed by atoms with Crippen LogP contribution in [-0.4, -0.2) is 23.5 Å². The molecule has 0 aliphatic carbocycles. The molecular weight excluding hydrogens is 377 g/mol. The topological polar surface area (TPSA) is 94.3 Å². The summed E-state index contributed by atoms with van der Waals surface area (Å²) in [5, 5.41) is 4.70. The van der Waals surface area contributed by atoms with Crippen molar-refractivity contribution in [3.05, 3.63) is 64.3 Å². The van der Waals surface area contributed by atoms with Crippen LogP contribution in [0, 0.1) is 0 Å². The summed E-state index contributed by atoms with van der Waals surface area (Å²) >= 11 is 11.7. The minimum atomic E-state index is -0.696. The van der Waals surface area contributed by atoms with Crippen molar-refractivity contribution in [1.29, 1.82) is 0 Å². The number of amides is 1. The number of nitrogen functional groups attached to an aromatic ring is 1. The largest absolute Gasteiger partial charge is 0.452 e. The molecule has 3 N–H and O–H groups in total. The average Bonchev–Trinajstić information content (AvgIpc) is 2.61. The number of hydrogen-bond donors (Lipinski definition) is 2. The van der Waals surface area contributed by atoms with Gasteiger partial charge in [-0.3, -0.25) is 4.79 Å². The summed E-state index contributed by atoms with van der Waals surface area (Å²) in [4.78, 5) is 28.1. The van der Waals surface area contributed by atoms with Gasteiger partial charge < -0.3 is 15.8 Å². The van der Waals surface area contributed by atoms with E-state index in [2.05, 4.69) is 10.3 Å². The summed E-state index contributed by atoms with van der Waals surface area (Å²) < 4.78 is 5.03. The number of nitrogens with zero attached hydrogens (tertiary/aromatic N) is 1. The third-order valence-corrected chi connectivity index (χ3v) is 4.03. The smallest absolute Gasteiger partial charge is 0.340 e. The zero-order valence-corrected chi connectivity index (χ0v) is 14.8. The lowest BCUT2D eigenvalue weighted by Gasteiger charge is -2.09. The molecule has 132 valence electrons. The monoisotopic (exact) mass is 389 g/mol. The Kier molecular flexibility index (Phi) is 5.25. The van der Waals surface area contributed by atoms with Crippen molar-refractivity contribution in [2.24, 2.45) is 0 Å². The number of ether oxygens (including phenoxy) is 1. The molecule has 0 aliphatic rings. The second-order valence-electron chi connectivity index (χ2n) is 5.39. The normalized spacial score (nSPS) is 10.5. The Hall–Kier alpha value is -2.83. The first-order valence-electron chi connectivity index (χ1n) is 7.50. The number of halogens is 2. The highest BCUT2D eigenvalue weighted by Gasteiger charge is 2.15. The van der Waals surface area contributed by atoms with Gasteiger partial charge in [-0.2, -0.15) is 0 Å². The van der Waals surface area contributed by atoms with Crippen LogP contribution in [0.5, 0.6) is 0 Å². The Balaban J connectivity index is 1.66. The summed E-state index contributed by atoms with van der Waals surface area (Å²) in [6, 6.07) is 12.2. The van der Waals surface area contributed by atoms with E-state index in [0.717, 1.165) is 10.8 Å². The van der Waals surface area contributed by atoms with Gasteiger partial charge >= 0.3 is 5.97 Å². The molecule has 0 atom stereocenters. The molecule has 0 fully saturated rings. The maximum Gasteiger partial charge on any atom is 0.340 e. The maximum absolute atomic E-state index is 12.2. The molecule has 0 aliphatic heterocycles. The molecule has 2 aromatic carbocycles. The van der Waals surface area contributed by atoms with E-state index in [-0.39, 0.29) is 22.1 Å².